The lowest BCUT2D eigenvalue weighted by atomic mass is 10.3. The van der Waals surface area contributed by atoms with Crippen molar-refractivity contribution in [3.8, 4) is 5.75 Å². The molecule has 0 radical (unpaired) electrons. The van der Waals surface area contributed by atoms with Gasteiger partial charge in [-0.25, -0.2) is 8.78 Å². The van der Waals surface area contributed by atoms with Crippen LogP contribution < -0.4 is 4.74 Å². The Kier molecular flexibility index (Phi) is 5.91. The first-order valence-electron chi connectivity index (χ1n) is 7.92. The number of carbonyl (C=O) groups is 1. The maximum Gasteiger partial charge on any atom is 0.264 e. The van der Waals surface area contributed by atoms with Crippen molar-refractivity contribution in [1.29, 1.82) is 0 Å². The SMILES string of the molecule is CN(Cc1c(Br)cnn1C)C(=O)c1cc(COc2ccc(F)cc2F)cs1. The van der Waals surface area contributed by atoms with Gasteiger partial charge in [0.25, 0.3) is 5.91 Å². The summed E-state index contributed by atoms with van der Waals surface area (Å²) in [5.74, 6) is -1.59. The van der Waals surface area contributed by atoms with Gasteiger partial charge < -0.3 is 9.64 Å². The van der Waals surface area contributed by atoms with E-state index in [4.69, 9.17) is 4.74 Å². The van der Waals surface area contributed by atoms with Crippen molar-refractivity contribution < 1.29 is 18.3 Å². The molecule has 3 aromatic rings. The fourth-order valence-corrected chi connectivity index (χ4v) is 3.78. The van der Waals surface area contributed by atoms with Crippen molar-refractivity contribution >= 4 is 33.2 Å². The average molecular weight is 456 g/mol. The fourth-order valence-electron chi connectivity index (χ4n) is 2.42. The molecule has 1 aromatic carbocycles. The van der Waals surface area contributed by atoms with E-state index in [0.29, 0.717) is 11.4 Å². The number of benzene rings is 1. The predicted octanol–water partition coefficient (Wildman–Crippen LogP) is 4.37. The Hall–Kier alpha value is -2.26. The third kappa shape index (κ3) is 4.54. The summed E-state index contributed by atoms with van der Waals surface area (Å²) in [6.45, 7) is 0.490. The van der Waals surface area contributed by atoms with E-state index in [0.717, 1.165) is 27.9 Å². The number of halogens is 3. The number of hydrogen-bond acceptors (Lipinski definition) is 4. The molecule has 0 unspecified atom stereocenters. The van der Waals surface area contributed by atoms with Crippen LogP contribution in [0.1, 0.15) is 20.9 Å². The van der Waals surface area contributed by atoms with Crippen LogP contribution in [0.3, 0.4) is 0 Å². The van der Waals surface area contributed by atoms with E-state index >= 15 is 0 Å². The lowest BCUT2D eigenvalue weighted by molar-refractivity contribution is 0.0786. The van der Waals surface area contributed by atoms with Crippen LogP contribution in [0.4, 0.5) is 8.78 Å². The van der Waals surface area contributed by atoms with Crippen LogP contribution in [-0.4, -0.2) is 27.6 Å². The summed E-state index contributed by atoms with van der Waals surface area (Å²) in [6.07, 6.45) is 1.68. The predicted molar refractivity (Wildman–Crippen MR) is 102 cm³/mol. The molecule has 0 saturated carbocycles. The Morgan fingerprint density at radius 1 is 1.37 bits per heavy atom. The Balaban J connectivity index is 1.63. The molecule has 5 nitrogen and oxygen atoms in total. The van der Waals surface area contributed by atoms with Crippen molar-refractivity contribution in [2.24, 2.45) is 7.05 Å². The molecule has 9 heteroatoms. The number of nitrogens with zero attached hydrogens (tertiary/aromatic N) is 3. The molecule has 0 aliphatic heterocycles. The maximum absolute atomic E-state index is 13.6. The summed E-state index contributed by atoms with van der Waals surface area (Å²) in [6, 6.07) is 4.85. The van der Waals surface area contributed by atoms with Gasteiger partial charge in [-0.05, 0) is 39.5 Å². The van der Waals surface area contributed by atoms with E-state index in [2.05, 4.69) is 21.0 Å². The Morgan fingerprint density at radius 2 is 2.15 bits per heavy atom. The molecule has 0 saturated heterocycles. The minimum Gasteiger partial charge on any atom is -0.486 e. The number of thiophene rings is 1. The van der Waals surface area contributed by atoms with E-state index in [1.165, 1.54) is 17.4 Å². The Labute approximate surface area is 167 Å². The third-order valence-electron chi connectivity index (χ3n) is 3.90. The molecule has 0 N–H and O–H groups in total. The average Bonchev–Trinajstić information content (AvgIpc) is 3.22. The van der Waals surface area contributed by atoms with Crippen LogP contribution in [0.5, 0.6) is 5.75 Å². The zero-order valence-electron chi connectivity index (χ0n) is 14.6. The molecule has 3 rings (SSSR count). The molecule has 27 heavy (non-hydrogen) atoms. The van der Waals surface area contributed by atoms with E-state index in [1.807, 2.05) is 7.05 Å². The molecular formula is C18H16BrF2N3O2S. The smallest absolute Gasteiger partial charge is 0.264 e. The van der Waals surface area contributed by atoms with Gasteiger partial charge in [0.2, 0.25) is 0 Å². The Morgan fingerprint density at radius 3 is 2.81 bits per heavy atom. The molecule has 0 spiro atoms. The van der Waals surface area contributed by atoms with Gasteiger partial charge in [-0.2, -0.15) is 5.10 Å². The van der Waals surface area contributed by atoms with Crippen LogP contribution in [0, 0.1) is 11.6 Å². The standard InChI is InChI=1S/C18H16BrF2N3O2S/c1-23(8-15-13(19)7-22-24(15)2)18(25)17-5-11(10-27-17)9-26-16-4-3-12(20)6-14(16)21/h3-7,10H,8-9H2,1-2H3. The molecule has 0 fully saturated rings. The first kappa shape index (κ1) is 19.5. The highest BCUT2D eigenvalue weighted by molar-refractivity contribution is 9.10. The quantitative estimate of drug-likeness (QED) is 0.554. The number of aryl methyl sites for hydroxylation is 1. The normalized spacial score (nSPS) is 10.9. The maximum atomic E-state index is 13.6. The largest absolute Gasteiger partial charge is 0.486 e. The van der Waals surface area contributed by atoms with Gasteiger partial charge in [-0.3, -0.25) is 9.48 Å². The summed E-state index contributed by atoms with van der Waals surface area (Å²) in [5.41, 5.74) is 1.62. The third-order valence-corrected chi connectivity index (χ3v) is 5.53. The highest BCUT2D eigenvalue weighted by Gasteiger charge is 2.17. The summed E-state index contributed by atoms with van der Waals surface area (Å²) in [5, 5.41) is 5.92. The zero-order valence-corrected chi connectivity index (χ0v) is 17.0. The van der Waals surface area contributed by atoms with Gasteiger partial charge in [0.1, 0.15) is 12.4 Å². The number of amides is 1. The van der Waals surface area contributed by atoms with E-state index < -0.39 is 11.6 Å². The van der Waals surface area contributed by atoms with Gasteiger partial charge in [0.05, 0.1) is 27.8 Å². The number of hydrogen-bond donors (Lipinski definition) is 0. The van der Waals surface area contributed by atoms with Crippen LogP contribution >= 0.6 is 27.3 Å². The first-order valence-corrected chi connectivity index (χ1v) is 9.59. The second-order valence-corrected chi connectivity index (χ2v) is 7.67. The van der Waals surface area contributed by atoms with Crippen LogP contribution in [0.2, 0.25) is 0 Å². The minimum atomic E-state index is -0.761. The second kappa shape index (κ2) is 8.18. The molecule has 1 amide bonds. The first-order chi connectivity index (χ1) is 12.8. The summed E-state index contributed by atoms with van der Waals surface area (Å²) >= 11 is 4.71. The molecule has 0 aliphatic rings. The van der Waals surface area contributed by atoms with Gasteiger partial charge in [0, 0.05) is 25.7 Å². The summed E-state index contributed by atoms with van der Waals surface area (Å²) in [7, 11) is 3.53. The number of carbonyl (C=O) groups excluding carboxylic acids is 1. The highest BCUT2D eigenvalue weighted by Crippen LogP contribution is 2.23. The topological polar surface area (TPSA) is 47.4 Å². The van der Waals surface area contributed by atoms with Crippen LogP contribution in [-0.2, 0) is 20.2 Å². The highest BCUT2D eigenvalue weighted by atomic mass is 79.9. The van der Waals surface area contributed by atoms with Crippen molar-refractivity contribution in [1.82, 2.24) is 14.7 Å². The van der Waals surface area contributed by atoms with Gasteiger partial charge >= 0.3 is 0 Å². The minimum absolute atomic E-state index is 0.0337. The molecule has 0 atom stereocenters. The second-order valence-electron chi connectivity index (χ2n) is 5.91. The van der Waals surface area contributed by atoms with Crippen molar-refractivity contribution in [2.45, 2.75) is 13.2 Å². The molecule has 0 bridgehead atoms. The fraction of sp³-hybridized carbons (Fsp3) is 0.222. The van der Waals surface area contributed by atoms with Crippen molar-refractivity contribution in [3.63, 3.8) is 0 Å². The van der Waals surface area contributed by atoms with Crippen molar-refractivity contribution in [2.75, 3.05) is 7.05 Å². The number of aromatic nitrogens is 2. The Bertz CT molecular complexity index is 954. The molecular weight excluding hydrogens is 440 g/mol. The van der Waals surface area contributed by atoms with Crippen molar-refractivity contribution in [3.05, 3.63) is 68.1 Å². The lowest BCUT2D eigenvalue weighted by Crippen LogP contribution is -2.26. The molecule has 142 valence electrons. The molecule has 2 heterocycles. The van der Waals surface area contributed by atoms with Gasteiger partial charge in [-0.1, -0.05) is 0 Å². The zero-order chi connectivity index (χ0) is 19.6. The molecule has 0 aliphatic carbocycles. The molecule has 2 aromatic heterocycles. The van der Waals surface area contributed by atoms with Gasteiger partial charge in [-0.15, -0.1) is 11.3 Å². The number of ether oxygens (including phenoxy) is 1. The van der Waals surface area contributed by atoms with Crippen LogP contribution in [0.25, 0.3) is 0 Å². The number of rotatable bonds is 6. The summed E-state index contributed by atoms with van der Waals surface area (Å²) in [4.78, 5) is 14.8. The van der Waals surface area contributed by atoms with E-state index in [1.54, 1.807) is 34.3 Å². The van der Waals surface area contributed by atoms with E-state index in [-0.39, 0.29) is 18.3 Å². The van der Waals surface area contributed by atoms with E-state index in [9.17, 15) is 13.6 Å². The monoisotopic (exact) mass is 455 g/mol. The van der Waals surface area contributed by atoms with Crippen LogP contribution in [0.15, 0.2) is 40.3 Å². The lowest BCUT2D eigenvalue weighted by Gasteiger charge is -2.16. The van der Waals surface area contributed by atoms with Gasteiger partial charge in [0.15, 0.2) is 11.6 Å². The summed E-state index contributed by atoms with van der Waals surface area (Å²) < 4.78 is 34.4.